The van der Waals surface area contributed by atoms with Crippen molar-refractivity contribution in [2.24, 2.45) is 0 Å². The third-order valence-corrected chi connectivity index (χ3v) is 5.53. The number of aliphatic hydroxyl groups is 1. The zero-order chi connectivity index (χ0) is 19.3. The van der Waals surface area contributed by atoms with E-state index >= 15 is 0 Å². The van der Waals surface area contributed by atoms with Gasteiger partial charge in [0.1, 0.15) is 18.2 Å². The third-order valence-electron chi connectivity index (χ3n) is 5.53. The molecule has 7 heteroatoms. The summed E-state index contributed by atoms with van der Waals surface area (Å²) >= 11 is 0. The molecule has 4 heterocycles. The zero-order valence-electron chi connectivity index (χ0n) is 15.2. The number of hydrogen-bond acceptors (Lipinski definition) is 5. The molecule has 1 aromatic heterocycles. The molecule has 0 spiro atoms. The maximum atomic E-state index is 13.7. The van der Waals surface area contributed by atoms with Gasteiger partial charge in [-0.2, -0.15) is 0 Å². The quantitative estimate of drug-likeness (QED) is 0.782. The molecule has 3 aliphatic heterocycles. The van der Waals surface area contributed by atoms with Gasteiger partial charge in [0, 0.05) is 36.4 Å². The number of nitrogens with zero attached hydrogens (tertiary/aromatic N) is 2. The van der Waals surface area contributed by atoms with Crippen LogP contribution in [-0.2, 0) is 22.7 Å². The van der Waals surface area contributed by atoms with Crippen molar-refractivity contribution in [1.82, 2.24) is 9.88 Å². The Morgan fingerprint density at radius 2 is 2.04 bits per heavy atom. The molecule has 0 unspecified atom stereocenters. The Morgan fingerprint density at radius 1 is 1.21 bits per heavy atom. The van der Waals surface area contributed by atoms with Gasteiger partial charge in [-0.1, -0.05) is 0 Å². The molecule has 6 nitrogen and oxygen atoms in total. The number of fused-ring (bicyclic) bond motifs is 2. The SMILES string of the molecule is O=C1Nc2ccc(F)cc2C1=C1OCc2nc(CN3CCC(O)CC3)ccc21. The van der Waals surface area contributed by atoms with Crippen LogP contribution in [0.25, 0.3) is 11.3 Å². The summed E-state index contributed by atoms with van der Waals surface area (Å²) in [4.78, 5) is 19.5. The first kappa shape index (κ1) is 17.3. The van der Waals surface area contributed by atoms with Gasteiger partial charge in [-0.3, -0.25) is 14.7 Å². The van der Waals surface area contributed by atoms with Crippen molar-refractivity contribution >= 4 is 22.9 Å². The average molecular weight is 381 g/mol. The highest BCUT2D eigenvalue weighted by molar-refractivity contribution is 6.36. The maximum Gasteiger partial charge on any atom is 0.260 e. The van der Waals surface area contributed by atoms with Gasteiger partial charge in [-0.25, -0.2) is 4.39 Å². The lowest BCUT2D eigenvalue weighted by Gasteiger charge is -2.29. The normalized spacial score (nSPS) is 22.0. The van der Waals surface area contributed by atoms with Crippen LogP contribution in [0.3, 0.4) is 0 Å². The number of likely N-dealkylation sites (tertiary alicyclic amines) is 1. The van der Waals surface area contributed by atoms with Crippen molar-refractivity contribution in [2.75, 3.05) is 18.4 Å². The highest BCUT2D eigenvalue weighted by atomic mass is 19.1. The fraction of sp³-hybridized carbons (Fsp3) is 0.333. The van der Waals surface area contributed by atoms with Crippen LogP contribution in [0.1, 0.15) is 35.4 Å². The van der Waals surface area contributed by atoms with Gasteiger partial charge in [0.05, 0.1) is 23.1 Å². The topological polar surface area (TPSA) is 74.7 Å². The number of amides is 1. The average Bonchev–Trinajstić information content (AvgIpc) is 3.22. The Labute approximate surface area is 161 Å². The lowest BCUT2D eigenvalue weighted by Crippen LogP contribution is -2.35. The van der Waals surface area contributed by atoms with Crippen LogP contribution in [0, 0.1) is 5.82 Å². The molecule has 5 rings (SSSR count). The second-order valence-electron chi connectivity index (χ2n) is 7.44. The molecule has 1 fully saturated rings. The van der Waals surface area contributed by atoms with E-state index in [9.17, 15) is 14.3 Å². The first-order valence-electron chi connectivity index (χ1n) is 9.46. The molecular formula is C21H20FN3O3. The van der Waals surface area contributed by atoms with Crippen molar-refractivity contribution in [3.8, 4) is 0 Å². The van der Waals surface area contributed by atoms with Gasteiger partial charge in [0.25, 0.3) is 5.91 Å². The molecule has 1 amide bonds. The fourth-order valence-corrected chi connectivity index (χ4v) is 4.05. The number of halogens is 1. The Morgan fingerprint density at radius 3 is 2.86 bits per heavy atom. The number of aliphatic hydroxyl groups excluding tert-OH is 1. The van der Waals surface area contributed by atoms with Crippen molar-refractivity contribution < 1.29 is 19.0 Å². The summed E-state index contributed by atoms with van der Waals surface area (Å²) in [5.74, 6) is -0.233. The minimum atomic E-state index is -0.397. The van der Waals surface area contributed by atoms with Crippen LogP contribution in [-0.4, -0.2) is 40.1 Å². The Bertz CT molecular complexity index is 996. The lowest BCUT2D eigenvalue weighted by molar-refractivity contribution is -0.110. The highest BCUT2D eigenvalue weighted by Gasteiger charge is 2.33. The standard InChI is InChI=1S/C21H20FN3O3/c22-12-1-4-17-16(9-12)19(21(27)24-17)20-15-3-2-13(23-18(15)11-28-20)10-25-7-5-14(26)6-8-25/h1-4,9,14,26H,5-8,10-11H2,(H,24,27). The first-order valence-corrected chi connectivity index (χ1v) is 9.46. The van der Waals surface area contributed by atoms with E-state index in [1.807, 2.05) is 12.1 Å². The zero-order valence-corrected chi connectivity index (χ0v) is 15.2. The molecule has 2 N–H and O–H groups in total. The lowest BCUT2D eigenvalue weighted by atomic mass is 10.0. The summed E-state index contributed by atoms with van der Waals surface area (Å²) < 4.78 is 19.5. The molecule has 0 aliphatic carbocycles. The minimum Gasteiger partial charge on any atom is -0.486 e. The molecule has 28 heavy (non-hydrogen) atoms. The number of benzene rings is 1. The van der Waals surface area contributed by atoms with E-state index in [2.05, 4.69) is 10.2 Å². The third kappa shape index (κ3) is 2.96. The second kappa shape index (κ2) is 6.68. The minimum absolute atomic E-state index is 0.197. The number of carbonyl (C=O) groups is 1. The molecule has 1 aromatic carbocycles. The van der Waals surface area contributed by atoms with Gasteiger partial charge in [0.15, 0.2) is 0 Å². The van der Waals surface area contributed by atoms with E-state index in [4.69, 9.17) is 9.72 Å². The van der Waals surface area contributed by atoms with Gasteiger partial charge < -0.3 is 15.2 Å². The molecular weight excluding hydrogens is 361 g/mol. The Hall–Kier alpha value is -2.77. The smallest absolute Gasteiger partial charge is 0.260 e. The summed E-state index contributed by atoms with van der Waals surface area (Å²) in [5.41, 5.74) is 3.96. The molecule has 144 valence electrons. The first-order chi connectivity index (χ1) is 13.6. The molecule has 0 atom stereocenters. The van der Waals surface area contributed by atoms with E-state index in [1.165, 1.54) is 12.1 Å². The summed E-state index contributed by atoms with van der Waals surface area (Å²) in [6, 6.07) is 8.10. The van der Waals surface area contributed by atoms with Gasteiger partial charge in [0.2, 0.25) is 0 Å². The van der Waals surface area contributed by atoms with Crippen LogP contribution in [0.4, 0.5) is 10.1 Å². The predicted octanol–water partition coefficient (Wildman–Crippen LogP) is 2.53. The van der Waals surface area contributed by atoms with E-state index in [0.29, 0.717) is 29.2 Å². The molecule has 0 saturated carbocycles. The molecule has 2 aromatic rings. The number of nitrogens with one attached hydrogen (secondary N) is 1. The van der Waals surface area contributed by atoms with Crippen LogP contribution < -0.4 is 5.32 Å². The fourth-order valence-electron chi connectivity index (χ4n) is 4.05. The van der Waals surface area contributed by atoms with Crippen LogP contribution in [0.5, 0.6) is 0 Å². The Kier molecular flexibility index (Phi) is 4.14. The van der Waals surface area contributed by atoms with E-state index < -0.39 is 5.82 Å². The summed E-state index contributed by atoms with van der Waals surface area (Å²) in [6.45, 7) is 2.72. The Balaban J connectivity index is 1.45. The number of rotatable bonds is 2. The molecule has 0 bridgehead atoms. The van der Waals surface area contributed by atoms with Crippen molar-refractivity contribution in [2.45, 2.75) is 32.1 Å². The van der Waals surface area contributed by atoms with E-state index in [-0.39, 0.29) is 12.0 Å². The number of pyridine rings is 1. The number of ether oxygens (including phenoxy) is 1. The predicted molar refractivity (Wildman–Crippen MR) is 101 cm³/mol. The molecule has 0 radical (unpaired) electrons. The van der Waals surface area contributed by atoms with Crippen LogP contribution >= 0.6 is 0 Å². The summed E-state index contributed by atoms with van der Waals surface area (Å²) in [5, 5.41) is 12.4. The highest BCUT2D eigenvalue weighted by Crippen LogP contribution is 2.41. The summed E-state index contributed by atoms with van der Waals surface area (Å²) in [6.07, 6.45) is 1.38. The molecule has 1 saturated heterocycles. The van der Waals surface area contributed by atoms with Crippen molar-refractivity contribution in [1.29, 1.82) is 0 Å². The second-order valence-corrected chi connectivity index (χ2v) is 7.44. The van der Waals surface area contributed by atoms with Gasteiger partial charge in [-0.05, 0) is 43.2 Å². The van der Waals surface area contributed by atoms with Crippen molar-refractivity contribution in [3.63, 3.8) is 0 Å². The largest absolute Gasteiger partial charge is 0.486 e. The molecule has 3 aliphatic rings. The van der Waals surface area contributed by atoms with Crippen LogP contribution in [0.15, 0.2) is 30.3 Å². The van der Waals surface area contributed by atoms with Crippen molar-refractivity contribution in [3.05, 3.63) is 58.7 Å². The number of hydrogen-bond donors (Lipinski definition) is 2. The monoisotopic (exact) mass is 381 g/mol. The maximum absolute atomic E-state index is 13.7. The van der Waals surface area contributed by atoms with E-state index in [1.54, 1.807) is 6.07 Å². The number of piperidine rings is 1. The number of anilines is 1. The van der Waals surface area contributed by atoms with Gasteiger partial charge in [-0.15, -0.1) is 0 Å². The van der Waals surface area contributed by atoms with E-state index in [0.717, 1.165) is 49.4 Å². The number of carbonyl (C=O) groups excluding carboxylic acids is 1. The number of aromatic nitrogens is 1. The van der Waals surface area contributed by atoms with Crippen LogP contribution in [0.2, 0.25) is 0 Å². The van der Waals surface area contributed by atoms with Gasteiger partial charge >= 0.3 is 0 Å². The summed E-state index contributed by atoms with van der Waals surface area (Å²) in [7, 11) is 0.